The number of hydrogen-bond acceptors (Lipinski definition) is 4. The van der Waals surface area contributed by atoms with Gasteiger partial charge in [-0.05, 0) is 42.3 Å². The highest BCUT2D eigenvalue weighted by atomic mass is 35.5. The van der Waals surface area contributed by atoms with E-state index in [1.165, 1.54) is 24.3 Å². The van der Waals surface area contributed by atoms with Crippen molar-refractivity contribution >= 4 is 27.9 Å². The van der Waals surface area contributed by atoms with Crippen molar-refractivity contribution in [3.8, 4) is 11.3 Å². The Morgan fingerprint density at radius 2 is 1.70 bits per heavy atom. The van der Waals surface area contributed by atoms with Crippen LogP contribution in [0.5, 0.6) is 0 Å². The van der Waals surface area contributed by atoms with Crippen LogP contribution in [-0.4, -0.2) is 26.2 Å². The van der Waals surface area contributed by atoms with E-state index in [4.69, 9.17) is 11.6 Å². The van der Waals surface area contributed by atoms with Crippen molar-refractivity contribution in [3.05, 3.63) is 83.0 Å². The summed E-state index contributed by atoms with van der Waals surface area (Å²) in [4.78, 5) is 16.1. The largest absolute Gasteiger partial charge is 0.298 e. The monoisotopic (exact) mass is 400 g/mol. The minimum atomic E-state index is -3.64. The first kappa shape index (κ1) is 19.2. The summed E-state index contributed by atoms with van der Waals surface area (Å²) < 4.78 is 27.2. The van der Waals surface area contributed by atoms with Crippen LogP contribution < -0.4 is 4.72 Å². The van der Waals surface area contributed by atoms with Crippen molar-refractivity contribution in [1.82, 2.24) is 9.71 Å². The third-order valence-corrected chi connectivity index (χ3v) is 5.78. The molecule has 3 rings (SSSR count). The number of pyridine rings is 1. The van der Waals surface area contributed by atoms with Crippen LogP contribution >= 0.6 is 11.6 Å². The zero-order chi connectivity index (χ0) is 19.3. The highest BCUT2D eigenvalue weighted by molar-refractivity contribution is 7.89. The molecular weight excluding hydrogens is 384 g/mol. The van der Waals surface area contributed by atoms with Crippen molar-refractivity contribution < 1.29 is 13.2 Å². The Kier molecular flexibility index (Phi) is 6.01. The Balaban J connectivity index is 1.77. The molecule has 138 valence electrons. The number of benzene rings is 2. The number of halogens is 1. The number of nitrogens with one attached hydrogen (secondary N) is 1. The molecule has 0 amide bonds. The molecule has 0 bridgehead atoms. The Labute approximate surface area is 163 Å². The fourth-order valence-corrected chi connectivity index (χ4v) is 3.86. The number of hydrogen-bond donors (Lipinski definition) is 1. The molecular formula is C20H17ClN2O3S. The lowest BCUT2D eigenvalue weighted by Gasteiger charge is -2.11. The second-order valence-electron chi connectivity index (χ2n) is 5.82. The molecule has 3 aromatic rings. The predicted molar refractivity (Wildman–Crippen MR) is 105 cm³/mol. The van der Waals surface area contributed by atoms with E-state index >= 15 is 0 Å². The fraction of sp³-hybridized carbons (Fsp3) is 0.100. The zero-order valence-electron chi connectivity index (χ0n) is 14.3. The zero-order valence-corrected chi connectivity index (χ0v) is 15.9. The van der Waals surface area contributed by atoms with Gasteiger partial charge in [-0.25, -0.2) is 13.1 Å². The van der Waals surface area contributed by atoms with Gasteiger partial charge >= 0.3 is 0 Å². The van der Waals surface area contributed by atoms with Gasteiger partial charge in [0.2, 0.25) is 10.0 Å². The number of carbonyl (C=O) groups excluding carboxylic acids is 1. The van der Waals surface area contributed by atoms with Crippen LogP contribution in [0.1, 0.15) is 15.9 Å². The number of rotatable bonds is 7. The molecule has 27 heavy (non-hydrogen) atoms. The highest BCUT2D eigenvalue weighted by Gasteiger charge is 2.15. The van der Waals surface area contributed by atoms with Gasteiger partial charge < -0.3 is 0 Å². The molecule has 2 aromatic carbocycles. The van der Waals surface area contributed by atoms with E-state index in [0.29, 0.717) is 22.7 Å². The second kappa shape index (κ2) is 8.43. The van der Waals surface area contributed by atoms with Crippen LogP contribution in [0.25, 0.3) is 11.3 Å². The Morgan fingerprint density at radius 3 is 2.37 bits per heavy atom. The molecule has 7 heteroatoms. The highest BCUT2D eigenvalue weighted by Crippen LogP contribution is 2.23. The van der Waals surface area contributed by atoms with E-state index in [1.807, 2.05) is 30.3 Å². The summed E-state index contributed by atoms with van der Waals surface area (Å²) in [6.45, 7) is 0.157. The molecule has 0 aliphatic heterocycles. The maximum atomic E-state index is 12.3. The molecule has 0 spiro atoms. The summed E-state index contributed by atoms with van der Waals surface area (Å²) in [5.74, 6) is 0. The fourth-order valence-electron chi connectivity index (χ4n) is 2.71. The minimum Gasteiger partial charge on any atom is -0.298 e. The quantitative estimate of drug-likeness (QED) is 0.613. The van der Waals surface area contributed by atoms with Gasteiger partial charge in [-0.3, -0.25) is 9.78 Å². The standard InChI is InChI=1S/C20H17ClN2O3S/c21-17-6-8-18(9-7-17)27(25,26)23-13-11-15-10-12-22-20(19(15)14-24)16-4-2-1-3-5-16/h1-10,12,14,23H,11,13H2. The number of carbonyl (C=O) groups is 1. The average molecular weight is 401 g/mol. The Bertz CT molecular complexity index is 1040. The maximum absolute atomic E-state index is 12.3. The van der Waals surface area contributed by atoms with Gasteiger partial charge in [0.25, 0.3) is 0 Å². The Morgan fingerprint density at radius 1 is 1.00 bits per heavy atom. The molecule has 1 heterocycles. The lowest BCUT2D eigenvalue weighted by Crippen LogP contribution is -2.26. The van der Waals surface area contributed by atoms with Crippen molar-refractivity contribution in [3.63, 3.8) is 0 Å². The lowest BCUT2D eigenvalue weighted by molar-refractivity contribution is 0.112. The van der Waals surface area contributed by atoms with E-state index in [9.17, 15) is 13.2 Å². The topological polar surface area (TPSA) is 76.1 Å². The molecule has 0 atom stereocenters. The maximum Gasteiger partial charge on any atom is 0.240 e. The van der Waals surface area contributed by atoms with E-state index in [-0.39, 0.29) is 11.4 Å². The molecule has 5 nitrogen and oxygen atoms in total. The first-order valence-electron chi connectivity index (χ1n) is 8.25. The molecule has 0 fully saturated rings. The number of aromatic nitrogens is 1. The van der Waals surface area contributed by atoms with Gasteiger partial charge in [0.1, 0.15) is 0 Å². The van der Waals surface area contributed by atoms with Gasteiger partial charge in [0, 0.05) is 28.9 Å². The summed E-state index contributed by atoms with van der Waals surface area (Å²) in [6.07, 6.45) is 2.75. The van der Waals surface area contributed by atoms with Crippen molar-refractivity contribution in [2.24, 2.45) is 0 Å². The summed E-state index contributed by atoms with van der Waals surface area (Å²) in [5.41, 5.74) is 2.62. The van der Waals surface area contributed by atoms with Crippen molar-refractivity contribution in [2.45, 2.75) is 11.3 Å². The second-order valence-corrected chi connectivity index (χ2v) is 8.02. The van der Waals surface area contributed by atoms with Crippen molar-refractivity contribution in [1.29, 1.82) is 0 Å². The molecule has 0 aliphatic carbocycles. The predicted octanol–water partition coefficient (Wildman–Crippen LogP) is 3.74. The van der Waals surface area contributed by atoms with Crippen LogP contribution in [0.2, 0.25) is 5.02 Å². The van der Waals surface area contributed by atoms with Gasteiger partial charge in [-0.15, -0.1) is 0 Å². The molecule has 0 radical (unpaired) electrons. The first-order valence-corrected chi connectivity index (χ1v) is 10.1. The lowest BCUT2D eigenvalue weighted by atomic mass is 10.0. The van der Waals surface area contributed by atoms with Crippen LogP contribution in [0.4, 0.5) is 0 Å². The van der Waals surface area contributed by atoms with E-state index in [2.05, 4.69) is 9.71 Å². The van der Waals surface area contributed by atoms with Crippen LogP contribution in [0, 0.1) is 0 Å². The minimum absolute atomic E-state index is 0.141. The number of aldehydes is 1. The normalized spacial score (nSPS) is 11.3. The average Bonchev–Trinajstić information content (AvgIpc) is 2.68. The third kappa shape index (κ3) is 4.60. The van der Waals surface area contributed by atoms with Gasteiger partial charge in [0.15, 0.2) is 6.29 Å². The SMILES string of the molecule is O=Cc1c(CCNS(=O)(=O)c2ccc(Cl)cc2)ccnc1-c1ccccc1. The number of sulfonamides is 1. The summed E-state index contributed by atoms with van der Waals surface area (Å²) in [7, 11) is -3.64. The first-order chi connectivity index (χ1) is 13.0. The van der Waals surface area contributed by atoms with Gasteiger partial charge in [-0.2, -0.15) is 0 Å². The molecule has 0 saturated heterocycles. The smallest absolute Gasteiger partial charge is 0.240 e. The molecule has 0 saturated carbocycles. The van der Waals surface area contributed by atoms with Crippen LogP contribution in [0.15, 0.2) is 71.8 Å². The summed E-state index contributed by atoms with van der Waals surface area (Å²) in [6, 6.07) is 17.1. The Hall–Kier alpha value is -2.54. The summed E-state index contributed by atoms with van der Waals surface area (Å²) in [5, 5.41) is 0.467. The molecule has 0 aliphatic rings. The van der Waals surface area contributed by atoms with Crippen LogP contribution in [-0.2, 0) is 16.4 Å². The summed E-state index contributed by atoms with van der Waals surface area (Å²) >= 11 is 5.79. The third-order valence-electron chi connectivity index (χ3n) is 4.06. The van der Waals surface area contributed by atoms with E-state index in [1.54, 1.807) is 12.3 Å². The van der Waals surface area contributed by atoms with Crippen molar-refractivity contribution in [2.75, 3.05) is 6.54 Å². The van der Waals surface area contributed by atoms with Crippen LogP contribution in [0.3, 0.4) is 0 Å². The van der Waals surface area contributed by atoms with E-state index < -0.39 is 10.0 Å². The molecule has 1 aromatic heterocycles. The van der Waals surface area contributed by atoms with Gasteiger partial charge in [-0.1, -0.05) is 41.9 Å². The molecule has 0 unspecified atom stereocenters. The van der Waals surface area contributed by atoms with Gasteiger partial charge in [0.05, 0.1) is 10.6 Å². The van der Waals surface area contributed by atoms with E-state index in [0.717, 1.165) is 17.4 Å². The molecule has 1 N–H and O–H groups in total. The number of nitrogens with zero attached hydrogens (tertiary/aromatic N) is 1.